The van der Waals surface area contributed by atoms with E-state index in [2.05, 4.69) is 17.1 Å². The van der Waals surface area contributed by atoms with Gasteiger partial charge in [-0.25, -0.2) is 4.98 Å². The van der Waals surface area contributed by atoms with Crippen molar-refractivity contribution in [3.05, 3.63) is 88.1 Å². The number of aromatic nitrogens is 1. The first-order valence-electron chi connectivity index (χ1n) is 8.32. The van der Waals surface area contributed by atoms with Crippen LogP contribution >= 0.6 is 0 Å². The molecule has 0 radical (unpaired) electrons. The van der Waals surface area contributed by atoms with Gasteiger partial charge in [-0.3, -0.25) is 10.1 Å². The maximum atomic E-state index is 11.1. The van der Waals surface area contributed by atoms with Crippen molar-refractivity contribution in [3.63, 3.8) is 0 Å². The Morgan fingerprint density at radius 3 is 2.77 bits per heavy atom. The zero-order valence-electron chi connectivity index (χ0n) is 13.9. The molecule has 1 aliphatic heterocycles. The Kier molecular flexibility index (Phi) is 4.23. The fourth-order valence-corrected chi connectivity index (χ4v) is 3.04. The lowest BCUT2D eigenvalue weighted by Gasteiger charge is -2.26. The molecule has 1 aliphatic rings. The normalized spacial score (nSPS) is 15.6. The molecule has 0 N–H and O–H groups in total. The molecule has 2 aromatic carbocycles. The topological polar surface area (TPSA) is 74.5 Å². The Labute approximate surface area is 150 Å². The van der Waals surface area contributed by atoms with Gasteiger partial charge in [0.1, 0.15) is 17.6 Å². The van der Waals surface area contributed by atoms with E-state index in [0.717, 1.165) is 29.7 Å². The molecule has 26 heavy (non-hydrogen) atoms. The van der Waals surface area contributed by atoms with Gasteiger partial charge in [0.25, 0.3) is 5.88 Å². The van der Waals surface area contributed by atoms with E-state index in [4.69, 9.17) is 9.47 Å². The number of nitrogens with zero attached hydrogens (tertiary/aromatic N) is 2. The van der Waals surface area contributed by atoms with Crippen LogP contribution in [0.1, 0.15) is 23.7 Å². The average molecular weight is 348 g/mol. The molecule has 0 bridgehead atoms. The smallest absolute Gasteiger partial charge is 0.331 e. The highest BCUT2D eigenvalue weighted by Crippen LogP contribution is 2.38. The lowest BCUT2D eigenvalue weighted by atomic mass is 9.97. The van der Waals surface area contributed by atoms with Gasteiger partial charge in [-0.05, 0) is 48.2 Å². The Morgan fingerprint density at radius 1 is 1.12 bits per heavy atom. The van der Waals surface area contributed by atoms with Gasteiger partial charge in [-0.1, -0.05) is 30.3 Å². The highest BCUT2D eigenvalue weighted by atomic mass is 16.6. The van der Waals surface area contributed by atoms with Gasteiger partial charge in [0.2, 0.25) is 0 Å². The van der Waals surface area contributed by atoms with Crippen molar-refractivity contribution in [1.29, 1.82) is 0 Å². The molecule has 6 nitrogen and oxygen atoms in total. The Bertz CT molecular complexity index is 944. The van der Waals surface area contributed by atoms with Crippen molar-refractivity contribution in [2.24, 2.45) is 0 Å². The molecular formula is C20H16N2O4. The second-order valence-corrected chi connectivity index (χ2v) is 6.01. The zero-order valence-corrected chi connectivity index (χ0v) is 13.9. The summed E-state index contributed by atoms with van der Waals surface area (Å²) in [6.45, 7) is 0. The highest BCUT2D eigenvalue weighted by Gasteiger charge is 2.22. The average Bonchev–Trinajstić information content (AvgIpc) is 2.68. The van der Waals surface area contributed by atoms with Crippen LogP contribution < -0.4 is 9.47 Å². The number of fused-ring (bicyclic) bond motifs is 1. The van der Waals surface area contributed by atoms with Gasteiger partial charge in [-0.2, -0.15) is 0 Å². The molecule has 130 valence electrons. The SMILES string of the molecule is O=[N+]([O-])c1cccnc1Oc1ccc2c(c1)CC[C@@H](c1ccccc1)O2. The minimum atomic E-state index is -0.506. The quantitative estimate of drug-likeness (QED) is 0.498. The van der Waals surface area contributed by atoms with E-state index in [0.29, 0.717) is 5.75 Å². The van der Waals surface area contributed by atoms with Crippen molar-refractivity contribution in [2.75, 3.05) is 0 Å². The van der Waals surface area contributed by atoms with Gasteiger partial charge < -0.3 is 9.47 Å². The van der Waals surface area contributed by atoms with Crippen LogP contribution in [0.15, 0.2) is 66.9 Å². The second-order valence-electron chi connectivity index (χ2n) is 6.01. The largest absolute Gasteiger partial charge is 0.485 e. The van der Waals surface area contributed by atoms with Crippen LogP contribution in [0, 0.1) is 10.1 Å². The summed E-state index contributed by atoms with van der Waals surface area (Å²) in [4.78, 5) is 14.5. The van der Waals surface area contributed by atoms with Crippen LogP contribution in [0.3, 0.4) is 0 Å². The summed E-state index contributed by atoms with van der Waals surface area (Å²) in [5.74, 6) is 1.30. The van der Waals surface area contributed by atoms with Gasteiger partial charge in [0.15, 0.2) is 0 Å². The maximum Gasteiger partial charge on any atom is 0.331 e. The lowest BCUT2D eigenvalue weighted by molar-refractivity contribution is -0.386. The van der Waals surface area contributed by atoms with Gasteiger partial charge >= 0.3 is 5.69 Å². The molecule has 3 aromatic rings. The van der Waals surface area contributed by atoms with Gasteiger partial charge in [0, 0.05) is 12.3 Å². The molecule has 4 rings (SSSR count). The van der Waals surface area contributed by atoms with Crippen LogP contribution in [-0.2, 0) is 6.42 Å². The fraction of sp³-hybridized carbons (Fsp3) is 0.150. The third-order valence-electron chi connectivity index (χ3n) is 4.31. The first-order valence-corrected chi connectivity index (χ1v) is 8.32. The Morgan fingerprint density at radius 2 is 1.96 bits per heavy atom. The highest BCUT2D eigenvalue weighted by molar-refractivity contribution is 5.46. The number of hydrogen-bond donors (Lipinski definition) is 0. The van der Waals surface area contributed by atoms with E-state index >= 15 is 0 Å². The molecule has 0 unspecified atom stereocenters. The van der Waals surface area contributed by atoms with Crippen molar-refractivity contribution >= 4 is 5.69 Å². The summed E-state index contributed by atoms with van der Waals surface area (Å²) >= 11 is 0. The molecule has 2 heterocycles. The van der Waals surface area contributed by atoms with E-state index in [9.17, 15) is 10.1 Å². The standard InChI is InChI=1S/C20H16N2O4/c23-22(24)17-7-4-12-21-20(17)25-16-9-11-19-15(13-16)8-10-18(26-19)14-5-2-1-3-6-14/h1-7,9,11-13,18H,8,10H2/t18-/m0/s1. The summed E-state index contributed by atoms with van der Waals surface area (Å²) in [7, 11) is 0. The number of rotatable bonds is 4. The molecule has 0 saturated heterocycles. The van der Waals surface area contributed by atoms with E-state index in [1.165, 1.54) is 18.3 Å². The lowest BCUT2D eigenvalue weighted by Crippen LogP contribution is -2.15. The third-order valence-corrected chi connectivity index (χ3v) is 4.31. The van der Waals surface area contributed by atoms with Gasteiger partial charge in [0.05, 0.1) is 4.92 Å². The molecule has 0 aliphatic carbocycles. The first-order chi connectivity index (χ1) is 12.7. The van der Waals surface area contributed by atoms with E-state index in [-0.39, 0.29) is 17.7 Å². The van der Waals surface area contributed by atoms with Crippen LogP contribution in [0.2, 0.25) is 0 Å². The summed E-state index contributed by atoms with van der Waals surface area (Å²) < 4.78 is 11.7. The van der Waals surface area contributed by atoms with Crippen LogP contribution in [0.25, 0.3) is 0 Å². The van der Waals surface area contributed by atoms with Crippen molar-refractivity contribution < 1.29 is 14.4 Å². The van der Waals surface area contributed by atoms with Crippen molar-refractivity contribution in [3.8, 4) is 17.4 Å². The monoisotopic (exact) mass is 348 g/mol. The zero-order chi connectivity index (χ0) is 17.9. The summed E-state index contributed by atoms with van der Waals surface area (Å²) in [5.41, 5.74) is 2.02. The first kappa shape index (κ1) is 16.1. The van der Waals surface area contributed by atoms with Crippen molar-refractivity contribution in [2.45, 2.75) is 18.9 Å². The second kappa shape index (κ2) is 6.84. The molecule has 1 aromatic heterocycles. The summed E-state index contributed by atoms with van der Waals surface area (Å²) in [6.07, 6.45) is 3.21. The molecular weight excluding hydrogens is 332 g/mol. The Hall–Kier alpha value is -3.41. The number of nitro groups is 1. The number of ether oxygens (including phenoxy) is 2. The molecule has 0 saturated carbocycles. The van der Waals surface area contributed by atoms with Crippen LogP contribution in [-0.4, -0.2) is 9.91 Å². The molecule has 6 heteroatoms. The molecule has 0 amide bonds. The number of aryl methyl sites for hydroxylation is 1. The number of hydrogen-bond acceptors (Lipinski definition) is 5. The minimum absolute atomic E-state index is 0.0173. The van der Waals surface area contributed by atoms with Crippen molar-refractivity contribution in [1.82, 2.24) is 4.98 Å². The third kappa shape index (κ3) is 3.21. The summed E-state index contributed by atoms with van der Waals surface area (Å²) in [6, 6.07) is 18.4. The number of pyridine rings is 1. The molecule has 0 fully saturated rings. The van der Waals surface area contributed by atoms with E-state index in [1.807, 2.05) is 30.3 Å². The van der Waals surface area contributed by atoms with Crippen LogP contribution in [0.4, 0.5) is 5.69 Å². The molecule has 0 spiro atoms. The number of benzene rings is 2. The van der Waals surface area contributed by atoms with E-state index in [1.54, 1.807) is 6.07 Å². The minimum Gasteiger partial charge on any atom is -0.485 e. The van der Waals surface area contributed by atoms with Crippen LogP contribution in [0.5, 0.6) is 17.4 Å². The maximum absolute atomic E-state index is 11.1. The molecule has 1 atom stereocenters. The van der Waals surface area contributed by atoms with E-state index < -0.39 is 4.92 Å². The summed E-state index contributed by atoms with van der Waals surface area (Å²) in [5, 5.41) is 11.1. The predicted molar refractivity (Wildman–Crippen MR) is 95.5 cm³/mol. The Balaban J connectivity index is 1.55. The fourth-order valence-electron chi connectivity index (χ4n) is 3.04. The predicted octanol–water partition coefficient (Wildman–Crippen LogP) is 4.85. The van der Waals surface area contributed by atoms with Gasteiger partial charge in [-0.15, -0.1) is 0 Å².